The molecular formula is C45H81O9P. The average Bonchev–Trinajstić information content (AvgIpc) is 3.89. The molecule has 3 atom stereocenters. The summed E-state index contributed by atoms with van der Waals surface area (Å²) in [5.74, 6) is -0.110. The standard InChI is InChI=1S/C45H81O9P/c1-4-5-28-34-42-43(54-42)35-30-25-21-17-14-15-19-23-27-32-37-45(47)53-41(39-52-55(48,49)50)38-51-44(46)36-31-26-22-18-13-11-9-7-6-8-10-12-16-20-24-29-33-40(2)3/h14,17,19,23,25,30,40-43H,4-13,15-16,18,20-22,24,26-29,31-39H2,1-3H3,(H2,48,49,50)/b17-14-,23-19-,30-25-/t41-,42?,43?/m1/s1. The lowest BCUT2D eigenvalue weighted by Gasteiger charge is -2.18. The van der Waals surface area contributed by atoms with Gasteiger partial charge < -0.3 is 24.0 Å². The van der Waals surface area contributed by atoms with Crippen molar-refractivity contribution in [2.45, 2.75) is 219 Å². The third kappa shape index (κ3) is 36.3. The van der Waals surface area contributed by atoms with Gasteiger partial charge in [0.1, 0.15) is 6.61 Å². The molecule has 55 heavy (non-hydrogen) atoms. The van der Waals surface area contributed by atoms with Crippen LogP contribution in [0, 0.1) is 5.92 Å². The Bertz CT molecular complexity index is 1070. The van der Waals surface area contributed by atoms with E-state index >= 15 is 0 Å². The first-order valence-electron chi connectivity index (χ1n) is 22.3. The smallest absolute Gasteiger partial charge is 0.462 e. The highest BCUT2D eigenvalue weighted by atomic mass is 31.2. The molecule has 0 saturated carbocycles. The Labute approximate surface area is 336 Å². The molecule has 1 saturated heterocycles. The summed E-state index contributed by atoms with van der Waals surface area (Å²) in [7, 11) is -4.77. The minimum absolute atomic E-state index is 0.133. The van der Waals surface area contributed by atoms with Gasteiger partial charge >= 0.3 is 19.8 Å². The topological polar surface area (TPSA) is 132 Å². The van der Waals surface area contributed by atoms with Crippen LogP contribution in [-0.2, 0) is 32.9 Å². The maximum Gasteiger partial charge on any atom is 0.469 e. The van der Waals surface area contributed by atoms with Gasteiger partial charge in [-0.15, -0.1) is 0 Å². The van der Waals surface area contributed by atoms with Crippen LogP contribution in [0.1, 0.15) is 201 Å². The van der Waals surface area contributed by atoms with Crippen LogP contribution < -0.4 is 0 Å². The van der Waals surface area contributed by atoms with E-state index in [1.54, 1.807) is 0 Å². The number of esters is 2. The number of hydrogen-bond donors (Lipinski definition) is 2. The van der Waals surface area contributed by atoms with E-state index in [1.807, 2.05) is 6.08 Å². The number of ether oxygens (including phenoxy) is 3. The van der Waals surface area contributed by atoms with E-state index in [1.165, 1.54) is 116 Å². The van der Waals surface area contributed by atoms with Gasteiger partial charge in [0.25, 0.3) is 0 Å². The lowest BCUT2D eigenvalue weighted by molar-refractivity contribution is -0.161. The largest absolute Gasteiger partial charge is 0.469 e. The zero-order valence-corrected chi connectivity index (χ0v) is 36.1. The molecule has 0 bridgehead atoms. The lowest BCUT2D eigenvalue weighted by Crippen LogP contribution is -2.29. The zero-order valence-electron chi connectivity index (χ0n) is 35.2. The third-order valence-corrected chi connectivity index (χ3v) is 10.5. The fourth-order valence-corrected chi connectivity index (χ4v) is 6.95. The first-order chi connectivity index (χ1) is 26.6. The first kappa shape index (κ1) is 51.2. The number of rotatable bonds is 39. The van der Waals surface area contributed by atoms with Gasteiger partial charge in [-0.1, -0.05) is 179 Å². The predicted octanol–water partition coefficient (Wildman–Crippen LogP) is 12.6. The molecule has 1 rings (SSSR count). The van der Waals surface area contributed by atoms with Gasteiger partial charge in [-0.3, -0.25) is 14.1 Å². The molecule has 1 heterocycles. The number of unbranched alkanes of at least 4 members (excludes halogenated alkanes) is 18. The van der Waals surface area contributed by atoms with Crippen molar-refractivity contribution in [3.63, 3.8) is 0 Å². The molecule has 9 nitrogen and oxygen atoms in total. The summed E-state index contributed by atoms with van der Waals surface area (Å²) >= 11 is 0. The van der Waals surface area contributed by atoms with E-state index in [4.69, 9.17) is 24.0 Å². The van der Waals surface area contributed by atoms with Crippen molar-refractivity contribution < 1.29 is 42.7 Å². The summed E-state index contributed by atoms with van der Waals surface area (Å²) in [6, 6.07) is 0. The van der Waals surface area contributed by atoms with Crippen molar-refractivity contribution in [3.05, 3.63) is 36.5 Å². The fourth-order valence-electron chi connectivity index (χ4n) is 6.59. The van der Waals surface area contributed by atoms with Crippen molar-refractivity contribution in [2.75, 3.05) is 13.2 Å². The molecule has 0 spiro atoms. The molecule has 10 heteroatoms. The highest BCUT2D eigenvalue weighted by Crippen LogP contribution is 2.36. The van der Waals surface area contributed by atoms with Crippen LogP contribution in [-0.4, -0.2) is 53.3 Å². The van der Waals surface area contributed by atoms with Crippen molar-refractivity contribution in [3.8, 4) is 0 Å². The summed E-state index contributed by atoms with van der Waals surface area (Å²) in [5.41, 5.74) is 0. The quantitative estimate of drug-likeness (QED) is 0.0205. The number of phosphoric ester groups is 1. The van der Waals surface area contributed by atoms with Gasteiger partial charge in [0.2, 0.25) is 0 Å². The summed E-state index contributed by atoms with van der Waals surface area (Å²) in [4.78, 5) is 42.9. The molecule has 0 aromatic rings. The Morgan fingerprint density at radius 1 is 0.636 bits per heavy atom. The molecule has 320 valence electrons. The second kappa shape index (κ2) is 35.4. The molecule has 1 fully saturated rings. The van der Waals surface area contributed by atoms with E-state index in [-0.39, 0.29) is 19.4 Å². The minimum Gasteiger partial charge on any atom is -0.462 e. The predicted molar refractivity (Wildman–Crippen MR) is 225 cm³/mol. The van der Waals surface area contributed by atoms with Crippen molar-refractivity contribution in [1.82, 2.24) is 0 Å². The number of phosphoric acid groups is 1. The van der Waals surface area contributed by atoms with Gasteiger partial charge in [0.05, 0.1) is 18.8 Å². The maximum atomic E-state index is 12.4. The van der Waals surface area contributed by atoms with Gasteiger partial charge in [-0.05, 0) is 50.9 Å². The van der Waals surface area contributed by atoms with Crippen molar-refractivity contribution >= 4 is 19.8 Å². The molecule has 0 aliphatic carbocycles. The van der Waals surface area contributed by atoms with Crippen LogP contribution in [0.3, 0.4) is 0 Å². The molecular weight excluding hydrogens is 715 g/mol. The Morgan fingerprint density at radius 2 is 1.16 bits per heavy atom. The number of epoxide rings is 1. The number of allylic oxidation sites excluding steroid dienone is 5. The van der Waals surface area contributed by atoms with Crippen LogP contribution in [0.25, 0.3) is 0 Å². The van der Waals surface area contributed by atoms with Crippen molar-refractivity contribution in [2.24, 2.45) is 5.92 Å². The summed E-state index contributed by atoms with van der Waals surface area (Å²) in [6.07, 6.45) is 43.4. The second-order valence-corrected chi connectivity index (χ2v) is 17.1. The summed E-state index contributed by atoms with van der Waals surface area (Å²) in [5, 5.41) is 0. The van der Waals surface area contributed by atoms with E-state index < -0.39 is 32.5 Å². The molecule has 0 aromatic heterocycles. The Balaban J connectivity index is 2.06. The second-order valence-electron chi connectivity index (χ2n) is 15.9. The minimum atomic E-state index is -4.77. The number of carbonyl (C=O) groups is 2. The first-order valence-corrected chi connectivity index (χ1v) is 23.8. The molecule has 1 aliphatic heterocycles. The number of hydrogen-bond acceptors (Lipinski definition) is 7. The van der Waals surface area contributed by atoms with Gasteiger partial charge in [0.15, 0.2) is 6.10 Å². The van der Waals surface area contributed by atoms with Crippen LogP contribution >= 0.6 is 7.82 Å². The van der Waals surface area contributed by atoms with E-state index in [0.717, 1.165) is 44.4 Å². The summed E-state index contributed by atoms with van der Waals surface area (Å²) in [6.45, 7) is 5.97. The molecule has 0 amide bonds. The molecule has 2 N–H and O–H groups in total. The molecule has 0 radical (unpaired) electrons. The maximum absolute atomic E-state index is 12.4. The van der Waals surface area contributed by atoms with Crippen molar-refractivity contribution in [1.29, 1.82) is 0 Å². The van der Waals surface area contributed by atoms with Gasteiger partial charge in [-0.25, -0.2) is 4.57 Å². The summed E-state index contributed by atoms with van der Waals surface area (Å²) < 4.78 is 32.1. The Hall–Kier alpha value is -1.77. The molecule has 2 unspecified atom stereocenters. The van der Waals surface area contributed by atoms with Crippen LogP contribution in [0.15, 0.2) is 36.5 Å². The zero-order chi connectivity index (χ0) is 40.2. The molecule has 0 aromatic carbocycles. The van der Waals surface area contributed by atoms with E-state index in [9.17, 15) is 14.2 Å². The Kier molecular flexibility index (Phi) is 33.0. The van der Waals surface area contributed by atoms with Gasteiger partial charge in [-0.2, -0.15) is 0 Å². The highest BCUT2D eigenvalue weighted by molar-refractivity contribution is 7.46. The third-order valence-electron chi connectivity index (χ3n) is 10.0. The SMILES string of the molecule is CCCCCC1OC1C/C=C\C/C=C\C/C=C\CCCC(=O)O[C@H](COC(=O)CCCCCCCCCCCCCCCCCCC(C)C)COP(=O)(O)O. The van der Waals surface area contributed by atoms with Crippen LogP contribution in [0.2, 0.25) is 0 Å². The van der Waals surface area contributed by atoms with Crippen LogP contribution in [0.5, 0.6) is 0 Å². The van der Waals surface area contributed by atoms with Gasteiger partial charge in [0, 0.05) is 12.8 Å². The normalized spacial score (nSPS) is 16.5. The Morgan fingerprint density at radius 3 is 1.73 bits per heavy atom. The lowest BCUT2D eigenvalue weighted by atomic mass is 10.0. The van der Waals surface area contributed by atoms with E-state index in [2.05, 4.69) is 55.7 Å². The van der Waals surface area contributed by atoms with E-state index in [0.29, 0.717) is 25.0 Å². The molecule has 1 aliphatic rings. The average molecular weight is 797 g/mol. The highest BCUT2D eigenvalue weighted by Gasteiger charge is 2.36. The monoisotopic (exact) mass is 797 g/mol. The number of carbonyl (C=O) groups excluding carboxylic acids is 2. The van der Waals surface area contributed by atoms with Crippen LogP contribution in [0.4, 0.5) is 0 Å². The fraction of sp³-hybridized carbons (Fsp3) is 0.822.